The molecule has 0 spiro atoms. The Kier molecular flexibility index (Phi) is 9.64. The summed E-state index contributed by atoms with van der Waals surface area (Å²) in [6, 6.07) is 0. The maximum atomic E-state index is 6.67. The molecule has 0 saturated heterocycles. The molecule has 1 aliphatic carbocycles. The first-order chi connectivity index (χ1) is 10.1. The van der Waals surface area contributed by atoms with Crippen LogP contribution in [0.3, 0.4) is 0 Å². The van der Waals surface area contributed by atoms with Gasteiger partial charge in [0.25, 0.3) is 0 Å². The molecular formula is C20H41N. The molecule has 0 amide bonds. The van der Waals surface area contributed by atoms with Gasteiger partial charge in [0, 0.05) is 5.54 Å². The summed E-state index contributed by atoms with van der Waals surface area (Å²) in [6.07, 6.45) is 19.4. The maximum absolute atomic E-state index is 6.67. The summed E-state index contributed by atoms with van der Waals surface area (Å²) in [5.74, 6) is 1.61. The number of hydrogen-bond acceptors (Lipinski definition) is 1. The molecule has 1 saturated carbocycles. The van der Waals surface area contributed by atoms with Crippen LogP contribution in [0.4, 0.5) is 0 Å². The van der Waals surface area contributed by atoms with Gasteiger partial charge in [-0.2, -0.15) is 0 Å². The molecule has 0 aromatic rings. The van der Waals surface area contributed by atoms with Crippen molar-refractivity contribution in [3.63, 3.8) is 0 Å². The van der Waals surface area contributed by atoms with Crippen molar-refractivity contribution in [2.45, 2.75) is 116 Å². The molecule has 0 heterocycles. The van der Waals surface area contributed by atoms with E-state index in [2.05, 4.69) is 20.8 Å². The fourth-order valence-corrected chi connectivity index (χ4v) is 4.03. The van der Waals surface area contributed by atoms with Gasteiger partial charge in [-0.1, -0.05) is 85.0 Å². The Bertz CT molecular complexity index is 250. The molecule has 3 unspecified atom stereocenters. The van der Waals surface area contributed by atoms with Crippen LogP contribution in [0, 0.1) is 11.8 Å². The lowest BCUT2D eigenvalue weighted by atomic mass is 9.68. The molecule has 1 aliphatic rings. The van der Waals surface area contributed by atoms with E-state index in [9.17, 15) is 0 Å². The van der Waals surface area contributed by atoms with E-state index in [0.717, 1.165) is 11.8 Å². The molecule has 0 aliphatic heterocycles. The highest BCUT2D eigenvalue weighted by molar-refractivity contribution is 4.93. The quantitative estimate of drug-likeness (QED) is 0.435. The second-order valence-electron chi connectivity index (χ2n) is 7.95. The van der Waals surface area contributed by atoms with Crippen molar-refractivity contribution in [2.75, 3.05) is 0 Å². The van der Waals surface area contributed by atoms with Gasteiger partial charge in [-0.15, -0.1) is 0 Å². The van der Waals surface area contributed by atoms with Gasteiger partial charge in [0.15, 0.2) is 0 Å². The van der Waals surface area contributed by atoms with Gasteiger partial charge in [0.2, 0.25) is 0 Å². The molecule has 3 atom stereocenters. The Labute approximate surface area is 134 Å². The van der Waals surface area contributed by atoms with Crippen LogP contribution in [0.5, 0.6) is 0 Å². The third-order valence-electron chi connectivity index (χ3n) is 5.84. The molecule has 0 aromatic carbocycles. The summed E-state index contributed by atoms with van der Waals surface area (Å²) in [7, 11) is 0. The highest BCUT2D eigenvalue weighted by Crippen LogP contribution is 2.38. The number of unbranched alkanes of at least 4 members (excludes halogenated alkanes) is 9. The molecule has 126 valence electrons. The van der Waals surface area contributed by atoms with Crippen LogP contribution in [-0.2, 0) is 0 Å². The first-order valence-corrected chi connectivity index (χ1v) is 9.87. The van der Waals surface area contributed by atoms with E-state index in [-0.39, 0.29) is 5.54 Å². The fraction of sp³-hybridized carbons (Fsp3) is 1.00. The van der Waals surface area contributed by atoms with Crippen LogP contribution in [-0.4, -0.2) is 5.54 Å². The number of rotatable bonds is 11. The molecule has 1 rings (SSSR count). The van der Waals surface area contributed by atoms with E-state index in [1.54, 1.807) is 0 Å². The minimum absolute atomic E-state index is 0.159. The first kappa shape index (κ1) is 19.0. The fourth-order valence-electron chi connectivity index (χ4n) is 4.03. The van der Waals surface area contributed by atoms with Crippen molar-refractivity contribution in [3.05, 3.63) is 0 Å². The standard InChI is InChI=1S/C20H41N/c1-4-5-6-7-8-9-10-11-12-13-15-20(21)16-14-18(2)17-19(20)3/h18-19H,4-17,21H2,1-3H3. The van der Waals surface area contributed by atoms with Gasteiger partial charge in [-0.3, -0.25) is 0 Å². The largest absolute Gasteiger partial charge is 0.325 e. The van der Waals surface area contributed by atoms with Crippen LogP contribution >= 0.6 is 0 Å². The van der Waals surface area contributed by atoms with E-state index in [0.29, 0.717) is 0 Å². The van der Waals surface area contributed by atoms with Crippen molar-refractivity contribution < 1.29 is 0 Å². The Hall–Kier alpha value is -0.0400. The van der Waals surface area contributed by atoms with Gasteiger partial charge in [0.05, 0.1) is 0 Å². The van der Waals surface area contributed by atoms with Gasteiger partial charge >= 0.3 is 0 Å². The zero-order chi connectivity index (χ0) is 15.6. The smallest absolute Gasteiger partial charge is 0.0180 e. The van der Waals surface area contributed by atoms with Crippen LogP contribution in [0.25, 0.3) is 0 Å². The Morgan fingerprint density at radius 1 is 0.857 bits per heavy atom. The van der Waals surface area contributed by atoms with Gasteiger partial charge in [-0.25, -0.2) is 0 Å². The second-order valence-corrected chi connectivity index (χ2v) is 7.95. The first-order valence-electron chi connectivity index (χ1n) is 9.87. The molecule has 0 radical (unpaired) electrons. The monoisotopic (exact) mass is 295 g/mol. The second kappa shape index (κ2) is 10.6. The van der Waals surface area contributed by atoms with E-state index in [1.807, 2.05) is 0 Å². The lowest BCUT2D eigenvalue weighted by molar-refractivity contribution is 0.150. The Balaban J connectivity index is 1.96. The molecule has 1 fully saturated rings. The van der Waals surface area contributed by atoms with E-state index < -0.39 is 0 Å². The topological polar surface area (TPSA) is 26.0 Å². The Morgan fingerprint density at radius 2 is 1.38 bits per heavy atom. The summed E-state index contributed by atoms with van der Waals surface area (Å²) < 4.78 is 0. The van der Waals surface area contributed by atoms with Gasteiger partial charge < -0.3 is 5.73 Å². The van der Waals surface area contributed by atoms with Crippen molar-refractivity contribution in [1.29, 1.82) is 0 Å². The minimum atomic E-state index is 0.159. The molecule has 1 heteroatoms. The van der Waals surface area contributed by atoms with Crippen molar-refractivity contribution in [2.24, 2.45) is 17.6 Å². The molecule has 0 bridgehead atoms. The lowest BCUT2D eigenvalue weighted by Gasteiger charge is -2.42. The van der Waals surface area contributed by atoms with Gasteiger partial charge in [0.1, 0.15) is 0 Å². The molecule has 0 aromatic heterocycles. The molecule has 21 heavy (non-hydrogen) atoms. The maximum Gasteiger partial charge on any atom is 0.0180 e. The average molecular weight is 296 g/mol. The molecule has 1 nitrogen and oxygen atoms in total. The van der Waals surface area contributed by atoms with Crippen molar-refractivity contribution >= 4 is 0 Å². The third kappa shape index (κ3) is 7.68. The van der Waals surface area contributed by atoms with Crippen LogP contribution in [0.15, 0.2) is 0 Å². The van der Waals surface area contributed by atoms with Crippen LogP contribution in [0.2, 0.25) is 0 Å². The molecule has 2 N–H and O–H groups in total. The number of hydrogen-bond donors (Lipinski definition) is 1. The zero-order valence-corrected chi connectivity index (χ0v) is 15.1. The Morgan fingerprint density at radius 3 is 1.90 bits per heavy atom. The van der Waals surface area contributed by atoms with Crippen molar-refractivity contribution in [3.8, 4) is 0 Å². The minimum Gasteiger partial charge on any atom is -0.325 e. The van der Waals surface area contributed by atoms with Crippen LogP contribution < -0.4 is 5.73 Å². The summed E-state index contributed by atoms with van der Waals surface area (Å²) in [5, 5.41) is 0. The summed E-state index contributed by atoms with van der Waals surface area (Å²) in [6.45, 7) is 7.06. The molecular weight excluding hydrogens is 254 g/mol. The number of nitrogens with two attached hydrogens (primary N) is 1. The van der Waals surface area contributed by atoms with Crippen molar-refractivity contribution in [1.82, 2.24) is 0 Å². The van der Waals surface area contributed by atoms with E-state index >= 15 is 0 Å². The zero-order valence-electron chi connectivity index (χ0n) is 15.1. The predicted molar refractivity (Wildman–Crippen MR) is 95.6 cm³/mol. The summed E-state index contributed by atoms with van der Waals surface area (Å²) >= 11 is 0. The summed E-state index contributed by atoms with van der Waals surface area (Å²) in [4.78, 5) is 0. The third-order valence-corrected chi connectivity index (χ3v) is 5.84. The highest BCUT2D eigenvalue weighted by atomic mass is 14.8. The lowest BCUT2D eigenvalue weighted by Crippen LogP contribution is -2.49. The van der Waals surface area contributed by atoms with Gasteiger partial charge in [-0.05, 0) is 37.5 Å². The SMILES string of the molecule is CCCCCCCCCCCCC1(N)CCC(C)CC1C. The predicted octanol–water partition coefficient (Wildman–Crippen LogP) is 6.45. The van der Waals surface area contributed by atoms with E-state index in [4.69, 9.17) is 5.73 Å². The van der Waals surface area contributed by atoms with Crippen LogP contribution in [0.1, 0.15) is 111 Å². The van der Waals surface area contributed by atoms with E-state index in [1.165, 1.54) is 89.9 Å². The average Bonchev–Trinajstić information content (AvgIpc) is 2.46. The summed E-state index contributed by atoms with van der Waals surface area (Å²) in [5.41, 5.74) is 6.83. The highest BCUT2D eigenvalue weighted by Gasteiger charge is 2.35. The normalized spacial score (nSPS) is 29.7.